The van der Waals surface area contributed by atoms with Gasteiger partial charge in [-0.05, 0) is 29.8 Å². The van der Waals surface area contributed by atoms with E-state index in [1.807, 2.05) is 30.3 Å². The number of benzene rings is 3. The van der Waals surface area contributed by atoms with Gasteiger partial charge in [0.2, 0.25) is 5.78 Å². The number of piperazine rings is 1. The minimum absolute atomic E-state index is 0.0936. The summed E-state index contributed by atoms with van der Waals surface area (Å²) in [4.78, 5) is 42.6. The van der Waals surface area contributed by atoms with Gasteiger partial charge in [-0.15, -0.1) is 0 Å². The summed E-state index contributed by atoms with van der Waals surface area (Å²) >= 11 is 0. The Morgan fingerprint density at radius 1 is 0.818 bits per heavy atom. The Morgan fingerprint density at radius 3 is 2.11 bits per heavy atom. The van der Waals surface area contributed by atoms with Crippen LogP contribution in [0.3, 0.4) is 0 Å². The van der Waals surface area contributed by atoms with Crippen molar-refractivity contribution in [3.05, 3.63) is 141 Å². The summed E-state index contributed by atoms with van der Waals surface area (Å²) in [5.41, 5.74) is -0.607. The number of aliphatic hydroxyl groups excluding tert-OH is 1. The summed E-state index contributed by atoms with van der Waals surface area (Å²) in [7, 11) is 0. The van der Waals surface area contributed by atoms with Crippen molar-refractivity contribution in [2.75, 3.05) is 31.1 Å². The molecule has 5 rings (SSSR count). The lowest BCUT2D eigenvalue weighted by Crippen LogP contribution is -2.50. The number of rotatable bonds is 8. The predicted octanol–water partition coefficient (Wildman–Crippen LogP) is 4.86. The van der Waals surface area contributed by atoms with E-state index in [9.17, 15) is 37.1 Å². The molecule has 226 valence electrons. The third kappa shape index (κ3) is 6.72. The number of hydrogen-bond donors (Lipinski definition) is 1. The molecule has 1 aliphatic heterocycles. The Balaban J connectivity index is 1.42. The number of aliphatic hydroxyl groups is 1. The maximum absolute atomic E-state index is 14.4. The summed E-state index contributed by atoms with van der Waals surface area (Å²) in [6.45, 7) is 1.17. The van der Waals surface area contributed by atoms with Crippen LogP contribution in [0.4, 0.5) is 23.2 Å². The van der Waals surface area contributed by atoms with Gasteiger partial charge in [0.25, 0.3) is 11.5 Å². The van der Waals surface area contributed by atoms with Crippen LogP contribution in [0.25, 0.3) is 5.76 Å². The second kappa shape index (κ2) is 13.0. The van der Waals surface area contributed by atoms with E-state index in [0.29, 0.717) is 31.3 Å². The molecule has 0 unspecified atom stereocenters. The molecule has 4 aromatic rings. The molecule has 2 heterocycles. The first kappa shape index (κ1) is 30.3. The highest BCUT2D eigenvalue weighted by Gasteiger charge is 2.26. The van der Waals surface area contributed by atoms with Crippen LogP contribution in [0.15, 0.2) is 89.9 Å². The van der Waals surface area contributed by atoms with Gasteiger partial charge in [0.15, 0.2) is 0 Å². The molecule has 7 nitrogen and oxygen atoms in total. The molecule has 11 heteroatoms. The summed E-state index contributed by atoms with van der Waals surface area (Å²) in [6.07, 6.45) is 1.39. The van der Waals surface area contributed by atoms with E-state index >= 15 is 0 Å². The van der Waals surface area contributed by atoms with Crippen LogP contribution in [-0.4, -0.2) is 52.4 Å². The van der Waals surface area contributed by atoms with Crippen LogP contribution < -0.4 is 10.5 Å². The topological polar surface area (TPSA) is 82.8 Å². The first-order valence-electron chi connectivity index (χ1n) is 13.7. The fourth-order valence-corrected chi connectivity index (χ4v) is 5.08. The molecule has 44 heavy (non-hydrogen) atoms. The smallest absolute Gasteiger partial charge is 0.294 e. The molecule has 0 atom stereocenters. The minimum Gasteiger partial charge on any atom is -0.507 e. The van der Waals surface area contributed by atoms with Crippen LogP contribution in [0.1, 0.15) is 22.3 Å². The van der Waals surface area contributed by atoms with Crippen LogP contribution >= 0.6 is 0 Å². The third-order valence-corrected chi connectivity index (χ3v) is 7.37. The van der Waals surface area contributed by atoms with Gasteiger partial charge in [-0.25, -0.2) is 17.6 Å². The molecule has 0 aliphatic carbocycles. The number of carbonyl (C=O) groups excluding carboxylic acids is 2. The van der Waals surface area contributed by atoms with Crippen molar-refractivity contribution in [3.8, 4) is 0 Å². The number of anilines is 1. The first-order valence-corrected chi connectivity index (χ1v) is 13.7. The first-order chi connectivity index (χ1) is 21.1. The van der Waals surface area contributed by atoms with Gasteiger partial charge in [0.1, 0.15) is 29.0 Å². The van der Waals surface area contributed by atoms with E-state index < -0.39 is 63.8 Å². The van der Waals surface area contributed by atoms with Crippen molar-refractivity contribution in [3.63, 3.8) is 0 Å². The lowest BCUT2D eigenvalue weighted by atomic mass is 10.0. The maximum atomic E-state index is 14.4. The predicted molar refractivity (Wildman–Crippen MR) is 156 cm³/mol. The lowest BCUT2D eigenvalue weighted by molar-refractivity contribution is -0.142. The fourth-order valence-electron chi connectivity index (χ4n) is 5.08. The Labute approximate surface area is 249 Å². The van der Waals surface area contributed by atoms with Crippen molar-refractivity contribution < 1.29 is 32.3 Å². The Kier molecular flexibility index (Phi) is 8.94. The Morgan fingerprint density at radius 2 is 1.45 bits per heavy atom. The van der Waals surface area contributed by atoms with Crippen molar-refractivity contribution in [2.24, 2.45) is 0 Å². The summed E-state index contributed by atoms with van der Waals surface area (Å²) in [6, 6.07) is 17.3. The number of carbonyl (C=O) groups is 2. The molecule has 1 amide bonds. The Hall–Kier alpha value is -5.19. The van der Waals surface area contributed by atoms with Crippen LogP contribution in [0.2, 0.25) is 0 Å². The number of para-hydroxylation sites is 1. The molecule has 0 spiro atoms. The number of ketones is 1. The minimum atomic E-state index is -1.16. The number of pyridine rings is 1. The van der Waals surface area contributed by atoms with Crippen molar-refractivity contribution in [2.45, 2.75) is 13.0 Å². The average molecular weight is 606 g/mol. The zero-order chi connectivity index (χ0) is 31.4. The van der Waals surface area contributed by atoms with Gasteiger partial charge in [-0.3, -0.25) is 14.4 Å². The molecule has 1 aromatic heterocycles. The highest BCUT2D eigenvalue weighted by atomic mass is 19.1. The number of amides is 1. The summed E-state index contributed by atoms with van der Waals surface area (Å²) < 4.78 is 57.8. The van der Waals surface area contributed by atoms with Gasteiger partial charge in [0.05, 0.1) is 12.1 Å². The van der Waals surface area contributed by atoms with Gasteiger partial charge < -0.3 is 19.5 Å². The molecule has 1 aliphatic rings. The largest absolute Gasteiger partial charge is 0.507 e. The van der Waals surface area contributed by atoms with Gasteiger partial charge in [-0.1, -0.05) is 36.4 Å². The zero-order valence-electron chi connectivity index (χ0n) is 23.4. The van der Waals surface area contributed by atoms with E-state index in [1.54, 1.807) is 6.07 Å². The van der Waals surface area contributed by atoms with Crippen LogP contribution in [-0.2, 0) is 22.6 Å². The van der Waals surface area contributed by atoms with E-state index in [2.05, 4.69) is 4.90 Å². The second-order valence-corrected chi connectivity index (χ2v) is 10.3. The molecule has 0 radical (unpaired) electrons. The van der Waals surface area contributed by atoms with Gasteiger partial charge >= 0.3 is 0 Å². The fraction of sp³-hybridized carbons (Fsp3) is 0.182. The highest BCUT2D eigenvalue weighted by Crippen LogP contribution is 2.21. The molecule has 0 saturated carbocycles. The SMILES string of the molecule is O=C(C=C(O)c1cc(Cc2c(F)cc(F)cc2F)cn(Cc2ccccc2F)c1=O)C(=O)N1CCN(c2ccccc2)CC1. The van der Waals surface area contributed by atoms with Gasteiger partial charge in [-0.2, -0.15) is 0 Å². The second-order valence-electron chi connectivity index (χ2n) is 10.3. The van der Waals surface area contributed by atoms with E-state index in [-0.39, 0.29) is 30.8 Å². The van der Waals surface area contributed by atoms with E-state index in [1.165, 1.54) is 29.3 Å². The van der Waals surface area contributed by atoms with Crippen molar-refractivity contribution >= 4 is 23.1 Å². The molecule has 1 saturated heterocycles. The van der Waals surface area contributed by atoms with Crippen LogP contribution in [0.5, 0.6) is 0 Å². The van der Waals surface area contributed by atoms with E-state index in [0.717, 1.165) is 16.3 Å². The van der Waals surface area contributed by atoms with Crippen molar-refractivity contribution in [1.29, 1.82) is 0 Å². The summed E-state index contributed by atoms with van der Waals surface area (Å²) in [5, 5.41) is 10.9. The average Bonchev–Trinajstić information content (AvgIpc) is 3.01. The number of hydrogen-bond acceptors (Lipinski definition) is 5. The molecule has 1 fully saturated rings. The number of halogens is 4. The zero-order valence-corrected chi connectivity index (χ0v) is 23.4. The molecular formula is C33H27F4N3O4. The monoisotopic (exact) mass is 605 g/mol. The molecule has 1 N–H and O–H groups in total. The molecular weight excluding hydrogens is 578 g/mol. The number of nitrogens with zero attached hydrogens (tertiary/aromatic N) is 3. The molecule has 0 bridgehead atoms. The maximum Gasteiger partial charge on any atom is 0.294 e. The van der Waals surface area contributed by atoms with E-state index in [4.69, 9.17) is 0 Å². The van der Waals surface area contributed by atoms with Crippen molar-refractivity contribution in [1.82, 2.24) is 9.47 Å². The Bertz CT molecular complexity index is 1780. The highest BCUT2D eigenvalue weighted by molar-refractivity contribution is 6.41. The summed E-state index contributed by atoms with van der Waals surface area (Å²) in [5.74, 6) is -6.85. The standard InChI is InChI=1S/C33H27F4N3O4/c34-23-16-28(36)25(29(37)17-23)14-21-15-26(32(43)40(19-21)20-22-6-4-5-9-27(22)35)30(41)18-31(42)33(44)39-12-10-38(11-13-39)24-7-2-1-3-8-24/h1-9,15-19,41H,10-14,20H2. The quantitative estimate of drug-likeness (QED) is 0.134. The van der Waals surface area contributed by atoms with Gasteiger partial charge in [0, 0.05) is 73.8 Å². The molecule has 3 aromatic carbocycles. The third-order valence-electron chi connectivity index (χ3n) is 7.37. The lowest BCUT2D eigenvalue weighted by Gasteiger charge is -2.35. The number of aromatic nitrogens is 1. The normalized spacial score (nSPS) is 13.7. The van der Waals surface area contributed by atoms with Crippen LogP contribution in [0, 0.1) is 23.3 Å².